The van der Waals surface area contributed by atoms with Crippen molar-refractivity contribution in [2.75, 3.05) is 12.3 Å². The number of nitrogens with zero attached hydrogens (tertiary/aromatic N) is 2. The molecule has 0 bridgehead atoms. The van der Waals surface area contributed by atoms with Crippen LogP contribution in [0.2, 0.25) is 0 Å². The number of hydrogen-bond acceptors (Lipinski definition) is 4. The van der Waals surface area contributed by atoms with Crippen LogP contribution in [0.5, 0.6) is 0 Å². The number of rotatable bonds is 3. The minimum atomic E-state index is 0.196. The third-order valence-corrected chi connectivity index (χ3v) is 4.04. The lowest BCUT2D eigenvalue weighted by Gasteiger charge is -2.35. The Morgan fingerprint density at radius 1 is 1.65 bits per heavy atom. The van der Waals surface area contributed by atoms with Crippen LogP contribution in [-0.4, -0.2) is 28.4 Å². The molecule has 0 radical (unpaired) electrons. The number of likely N-dealkylation sites (tertiary alicyclic amines) is 1. The summed E-state index contributed by atoms with van der Waals surface area (Å²) in [4.78, 5) is 18.4. The normalized spacial score (nSPS) is 20.5. The van der Waals surface area contributed by atoms with Crippen molar-refractivity contribution >= 4 is 22.4 Å². The van der Waals surface area contributed by atoms with Crippen LogP contribution in [0, 0.1) is 0 Å². The van der Waals surface area contributed by atoms with Gasteiger partial charge in [0.05, 0.1) is 12.1 Å². The van der Waals surface area contributed by atoms with E-state index in [-0.39, 0.29) is 5.91 Å². The van der Waals surface area contributed by atoms with Crippen molar-refractivity contribution in [2.24, 2.45) is 0 Å². The van der Waals surface area contributed by atoms with Crippen molar-refractivity contribution in [1.82, 2.24) is 9.88 Å². The molecule has 0 spiro atoms. The monoisotopic (exact) mass is 253 g/mol. The largest absolute Gasteiger partial charge is 0.375 e. The number of nitrogens with two attached hydrogens (primary N) is 1. The number of aromatic nitrogens is 1. The van der Waals surface area contributed by atoms with Crippen LogP contribution in [0.15, 0.2) is 5.38 Å². The van der Waals surface area contributed by atoms with Crippen molar-refractivity contribution in [3.8, 4) is 0 Å². The molecule has 0 saturated carbocycles. The molecule has 0 aromatic carbocycles. The number of amides is 1. The molecule has 1 aliphatic heterocycles. The van der Waals surface area contributed by atoms with Crippen LogP contribution in [0.4, 0.5) is 5.13 Å². The predicted octanol–water partition coefficient (Wildman–Crippen LogP) is 2.06. The van der Waals surface area contributed by atoms with Gasteiger partial charge >= 0.3 is 0 Å². The van der Waals surface area contributed by atoms with E-state index in [1.165, 1.54) is 17.8 Å². The van der Waals surface area contributed by atoms with E-state index in [4.69, 9.17) is 5.73 Å². The lowest BCUT2D eigenvalue weighted by molar-refractivity contribution is -0.134. The standard InChI is InChI=1S/C12H19N3OS/c1-2-10-5-3-4-6-15(10)11(16)7-9-8-17-12(13)14-9/h8,10H,2-7H2,1H3,(H2,13,14). The smallest absolute Gasteiger partial charge is 0.228 e. The third kappa shape index (κ3) is 2.97. The molecule has 5 heteroatoms. The second kappa shape index (κ2) is 5.49. The van der Waals surface area contributed by atoms with E-state index in [0.29, 0.717) is 17.6 Å². The zero-order chi connectivity index (χ0) is 12.3. The van der Waals surface area contributed by atoms with Crippen LogP contribution >= 0.6 is 11.3 Å². The maximum atomic E-state index is 12.2. The van der Waals surface area contributed by atoms with E-state index < -0.39 is 0 Å². The fourth-order valence-corrected chi connectivity index (χ4v) is 2.98. The van der Waals surface area contributed by atoms with E-state index in [0.717, 1.165) is 31.5 Å². The molecule has 17 heavy (non-hydrogen) atoms. The van der Waals surface area contributed by atoms with E-state index >= 15 is 0 Å². The van der Waals surface area contributed by atoms with E-state index in [2.05, 4.69) is 11.9 Å². The van der Waals surface area contributed by atoms with Crippen LogP contribution in [0.25, 0.3) is 0 Å². The van der Waals surface area contributed by atoms with E-state index in [9.17, 15) is 4.79 Å². The molecule has 1 saturated heterocycles. The van der Waals surface area contributed by atoms with Crippen LogP contribution in [0.3, 0.4) is 0 Å². The summed E-state index contributed by atoms with van der Waals surface area (Å²) in [6.45, 7) is 3.05. The number of anilines is 1. The Kier molecular flexibility index (Phi) is 3.99. The first-order chi connectivity index (χ1) is 8.20. The van der Waals surface area contributed by atoms with Gasteiger partial charge in [-0.3, -0.25) is 4.79 Å². The third-order valence-electron chi connectivity index (χ3n) is 3.32. The highest BCUT2D eigenvalue weighted by molar-refractivity contribution is 7.13. The molecular weight excluding hydrogens is 234 g/mol. The highest BCUT2D eigenvalue weighted by Crippen LogP contribution is 2.21. The molecule has 1 unspecified atom stereocenters. The van der Waals surface area contributed by atoms with Gasteiger partial charge < -0.3 is 10.6 Å². The molecule has 1 aromatic rings. The van der Waals surface area contributed by atoms with Crippen molar-refractivity contribution in [3.05, 3.63) is 11.1 Å². The highest BCUT2D eigenvalue weighted by Gasteiger charge is 2.25. The molecule has 1 amide bonds. The molecule has 1 aliphatic rings. The van der Waals surface area contributed by atoms with Crippen LogP contribution in [-0.2, 0) is 11.2 Å². The molecular formula is C12H19N3OS. The lowest BCUT2D eigenvalue weighted by atomic mass is 9.99. The summed E-state index contributed by atoms with van der Waals surface area (Å²) in [5.41, 5.74) is 6.37. The molecule has 1 atom stereocenters. The van der Waals surface area contributed by atoms with Gasteiger partial charge in [-0.2, -0.15) is 0 Å². The molecule has 94 valence electrons. The van der Waals surface area contributed by atoms with Crippen molar-refractivity contribution in [1.29, 1.82) is 0 Å². The summed E-state index contributed by atoms with van der Waals surface area (Å²) in [5.74, 6) is 0.196. The number of carbonyl (C=O) groups is 1. The van der Waals surface area contributed by atoms with Gasteiger partial charge in [-0.25, -0.2) is 4.98 Å². The minimum absolute atomic E-state index is 0.196. The maximum Gasteiger partial charge on any atom is 0.228 e. The summed E-state index contributed by atoms with van der Waals surface area (Å²) < 4.78 is 0. The Balaban J connectivity index is 1.98. The number of piperidine rings is 1. The maximum absolute atomic E-state index is 12.2. The molecule has 2 heterocycles. The summed E-state index contributed by atoms with van der Waals surface area (Å²) >= 11 is 1.40. The average molecular weight is 253 g/mol. The second-order valence-electron chi connectivity index (χ2n) is 4.50. The zero-order valence-corrected chi connectivity index (χ0v) is 11.0. The Hall–Kier alpha value is -1.10. The van der Waals surface area contributed by atoms with Gasteiger partial charge in [-0.05, 0) is 25.7 Å². The minimum Gasteiger partial charge on any atom is -0.375 e. The summed E-state index contributed by atoms with van der Waals surface area (Å²) in [6.07, 6.45) is 4.95. The fraction of sp³-hybridized carbons (Fsp3) is 0.667. The van der Waals surface area contributed by atoms with Crippen LogP contribution < -0.4 is 5.73 Å². The molecule has 1 aromatic heterocycles. The van der Waals surface area contributed by atoms with Gasteiger partial charge in [0.15, 0.2) is 5.13 Å². The van der Waals surface area contributed by atoms with Crippen LogP contribution in [0.1, 0.15) is 38.3 Å². The summed E-state index contributed by atoms with van der Waals surface area (Å²) in [7, 11) is 0. The Labute approximate surface area is 106 Å². The fourth-order valence-electron chi connectivity index (χ4n) is 2.41. The highest BCUT2D eigenvalue weighted by atomic mass is 32.1. The Morgan fingerprint density at radius 2 is 2.47 bits per heavy atom. The SMILES string of the molecule is CCC1CCCCN1C(=O)Cc1csc(N)n1. The molecule has 1 fully saturated rings. The summed E-state index contributed by atoms with van der Waals surface area (Å²) in [6, 6.07) is 0.423. The molecule has 0 aliphatic carbocycles. The Bertz CT molecular complexity index is 391. The van der Waals surface area contributed by atoms with Crippen molar-refractivity contribution in [3.63, 3.8) is 0 Å². The van der Waals surface area contributed by atoms with Gasteiger partial charge in [-0.15, -0.1) is 11.3 Å². The Morgan fingerprint density at radius 3 is 3.12 bits per heavy atom. The van der Waals surface area contributed by atoms with E-state index in [1.807, 2.05) is 10.3 Å². The number of thiazole rings is 1. The first-order valence-electron chi connectivity index (χ1n) is 6.20. The average Bonchev–Trinajstić information content (AvgIpc) is 2.74. The molecule has 4 nitrogen and oxygen atoms in total. The van der Waals surface area contributed by atoms with Gasteiger partial charge in [0, 0.05) is 18.0 Å². The van der Waals surface area contributed by atoms with Crippen molar-refractivity contribution < 1.29 is 4.79 Å². The zero-order valence-electron chi connectivity index (χ0n) is 10.2. The molecule has 2 rings (SSSR count). The second-order valence-corrected chi connectivity index (χ2v) is 5.39. The summed E-state index contributed by atoms with van der Waals surface area (Å²) in [5, 5.41) is 2.41. The van der Waals surface area contributed by atoms with Crippen molar-refractivity contribution in [2.45, 2.75) is 45.1 Å². The van der Waals surface area contributed by atoms with Gasteiger partial charge in [0.25, 0.3) is 0 Å². The first-order valence-corrected chi connectivity index (χ1v) is 7.08. The molecule has 2 N–H and O–H groups in total. The van der Waals surface area contributed by atoms with Gasteiger partial charge in [0.2, 0.25) is 5.91 Å². The topological polar surface area (TPSA) is 59.2 Å². The van der Waals surface area contributed by atoms with Gasteiger partial charge in [0.1, 0.15) is 0 Å². The predicted molar refractivity (Wildman–Crippen MR) is 69.9 cm³/mol. The number of carbonyl (C=O) groups excluding carboxylic acids is 1. The first kappa shape index (κ1) is 12.4. The lowest BCUT2D eigenvalue weighted by Crippen LogP contribution is -2.44. The quantitative estimate of drug-likeness (QED) is 0.897. The number of nitrogen functional groups attached to an aromatic ring is 1. The van der Waals surface area contributed by atoms with Gasteiger partial charge in [-0.1, -0.05) is 6.92 Å². The number of hydrogen-bond donors (Lipinski definition) is 1. The van der Waals surface area contributed by atoms with E-state index in [1.54, 1.807) is 0 Å².